The number of anilines is 1. The Kier molecular flexibility index (Phi) is 6.89. The highest BCUT2D eigenvalue weighted by Gasteiger charge is 2.22. The second-order valence-corrected chi connectivity index (χ2v) is 10.1. The molecule has 0 saturated carbocycles. The number of aryl methyl sites for hydroxylation is 1. The number of nitrogens with one attached hydrogen (secondary N) is 1. The van der Waals surface area contributed by atoms with Crippen LogP contribution in [0.3, 0.4) is 0 Å². The number of urea groups is 1. The van der Waals surface area contributed by atoms with Crippen molar-refractivity contribution in [2.24, 2.45) is 11.7 Å². The fourth-order valence-electron chi connectivity index (χ4n) is 3.63. The van der Waals surface area contributed by atoms with Gasteiger partial charge in [-0.1, -0.05) is 44.5 Å². The quantitative estimate of drug-likeness (QED) is 0.584. The van der Waals surface area contributed by atoms with Crippen LogP contribution < -0.4 is 11.1 Å². The Morgan fingerprint density at radius 2 is 2.31 bits per heavy atom. The number of likely N-dealkylation sites (tertiary alicyclic amines) is 1. The Morgan fingerprint density at radius 1 is 1.46 bits per heavy atom. The number of amides is 2. The lowest BCUT2D eigenvalue weighted by Crippen LogP contribution is -2.35. The molecule has 0 aromatic heterocycles. The molecule has 1 fully saturated rings. The molecule has 3 rings (SSSR count). The molecule has 26 heavy (non-hydrogen) atoms. The predicted molar refractivity (Wildman–Crippen MR) is 119 cm³/mol. The van der Waals surface area contributed by atoms with E-state index in [1.165, 1.54) is 22.0 Å². The summed E-state index contributed by atoms with van der Waals surface area (Å²) in [6.07, 6.45) is 7.85. The third-order valence-corrected chi connectivity index (χ3v) is 7.36. The van der Waals surface area contributed by atoms with Gasteiger partial charge in [0.15, 0.2) is 0 Å². The second-order valence-electron chi connectivity index (χ2n) is 6.92. The number of piperidine rings is 1. The van der Waals surface area contributed by atoms with Gasteiger partial charge in [0.25, 0.3) is 0 Å². The van der Waals surface area contributed by atoms with Crippen molar-refractivity contribution in [1.29, 1.82) is 0 Å². The average molecular weight is 486 g/mol. The summed E-state index contributed by atoms with van der Waals surface area (Å²) >= 11 is 6.16. The first-order chi connectivity index (χ1) is 12.5. The molecular formula is C20H25ClIN3O. The molecular weight excluding hydrogens is 461 g/mol. The van der Waals surface area contributed by atoms with E-state index in [0.717, 1.165) is 42.3 Å². The summed E-state index contributed by atoms with van der Waals surface area (Å²) in [5.41, 5.74) is 8.50. The molecule has 1 aromatic rings. The number of hydrogen-bond acceptors (Lipinski definition) is 2. The minimum absolute atomic E-state index is 0.00551. The fourth-order valence-corrected chi connectivity index (χ4v) is 6.64. The molecule has 1 atom stereocenters. The van der Waals surface area contributed by atoms with E-state index in [2.05, 4.69) is 33.3 Å². The maximum absolute atomic E-state index is 11.3. The zero-order chi connectivity index (χ0) is 18.5. The summed E-state index contributed by atoms with van der Waals surface area (Å²) in [6, 6.07) is 5.46. The van der Waals surface area contributed by atoms with Crippen LogP contribution >= 0.6 is 32.3 Å². The molecule has 2 heterocycles. The van der Waals surface area contributed by atoms with Gasteiger partial charge < -0.3 is 11.1 Å². The summed E-state index contributed by atoms with van der Waals surface area (Å²) in [5, 5.41) is 3.63. The second kappa shape index (κ2) is 9.15. The fraction of sp³-hybridized carbons (Fsp3) is 0.400. The summed E-state index contributed by atoms with van der Waals surface area (Å²) in [5.74, 6) is 0.683. The molecule has 0 spiro atoms. The van der Waals surface area contributed by atoms with Gasteiger partial charge in [-0.05, 0) is 75.6 Å². The Balaban J connectivity index is 1.66. The largest absolute Gasteiger partial charge is 0.351 e. The van der Waals surface area contributed by atoms with Crippen LogP contribution in [-0.2, 0) is 6.54 Å². The number of rotatable bonds is 5. The topological polar surface area (TPSA) is 58.4 Å². The van der Waals surface area contributed by atoms with Crippen molar-refractivity contribution < 1.29 is 4.79 Å². The first-order valence-electron chi connectivity index (χ1n) is 8.91. The molecule has 1 saturated heterocycles. The third kappa shape index (κ3) is 5.41. The van der Waals surface area contributed by atoms with E-state index in [-0.39, 0.29) is 20.7 Å². The smallest absolute Gasteiger partial charge is 0.316 e. The molecule has 2 aliphatic rings. The minimum Gasteiger partial charge on any atom is -0.351 e. The van der Waals surface area contributed by atoms with Gasteiger partial charge in [0.1, 0.15) is 0 Å². The Labute approximate surface area is 170 Å². The Hall–Kier alpha value is -1.18. The van der Waals surface area contributed by atoms with Gasteiger partial charge in [0.05, 0.1) is 0 Å². The van der Waals surface area contributed by atoms with Crippen molar-refractivity contribution in [1.82, 2.24) is 4.90 Å². The molecule has 0 aliphatic carbocycles. The van der Waals surface area contributed by atoms with Crippen LogP contribution in [0, 0.1) is 12.8 Å². The first-order valence-corrected chi connectivity index (χ1v) is 11.6. The highest BCUT2D eigenvalue weighted by Crippen LogP contribution is 2.33. The van der Waals surface area contributed by atoms with E-state index >= 15 is 0 Å². The maximum Gasteiger partial charge on any atom is 0.316 e. The van der Waals surface area contributed by atoms with Gasteiger partial charge in [-0.3, -0.25) is 4.90 Å². The lowest BCUT2D eigenvalue weighted by atomic mass is 9.93. The number of nitrogens with two attached hydrogens (primary N) is 1. The van der Waals surface area contributed by atoms with Gasteiger partial charge in [-0.2, -0.15) is 0 Å². The third-order valence-electron chi connectivity index (χ3n) is 4.86. The first kappa shape index (κ1) is 19.6. The molecule has 2 amide bonds. The van der Waals surface area contributed by atoms with E-state index in [9.17, 15) is 4.79 Å². The molecule has 0 radical (unpaired) electrons. The maximum atomic E-state index is 11.3. The van der Waals surface area contributed by atoms with E-state index < -0.39 is 6.03 Å². The zero-order valence-corrected chi connectivity index (χ0v) is 17.9. The van der Waals surface area contributed by atoms with Gasteiger partial charge in [-0.25, -0.2) is 4.79 Å². The van der Waals surface area contributed by atoms with E-state index in [4.69, 9.17) is 17.3 Å². The highest BCUT2D eigenvalue weighted by molar-refractivity contribution is 14.2. The van der Waals surface area contributed by atoms with Crippen LogP contribution in [-0.4, -0.2) is 28.0 Å². The van der Waals surface area contributed by atoms with Crippen molar-refractivity contribution >= 4 is 48.1 Å². The van der Waals surface area contributed by atoms with Crippen LogP contribution in [0.15, 0.2) is 39.0 Å². The standard InChI is InChI=1S/C20H25ClIN3O/c1-14-4-2-6-19(24-20(23)26)18(14)13-25-9-3-5-15(12-25)10-17-11-16(21)7-8-22-17/h2,4,6-8,11,15H,3,5,9-10,12-13H2,1H3,(H3,23,24,26). The van der Waals surface area contributed by atoms with E-state index in [1.54, 1.807) is 0 Å². The summed E-state index contributed by atoms with van der Waals surface area (Å²) in [7, 11) is 0. The van der Waals surface area contributed by atoms with Crippen molar-refractivity contribution in [3.05, 3.63) is 50.1 Å². The number of hydrogen-bond donors (Lipinski definition) is 2. The Morgan fingerprint density at radius 3 is 3.08 bits per heavy atom. The molecule has 3 N–H and O–H groups in total. The molecule has 1 aromatic carbocycles. The highest BCUT2D eigenvalue weighted by atomic mass is 127. The van der Waals surface area contributed by atoms with Crippen LogP contribution in [0.2, 0.25) is 0 Å². The molecule has 2 aliphatic heterocycles. The molecule has 0 bridgehead atoms. The zero-order valence-electron chi connectivity index (χ0n) is 15.0. The summed E-state index contributed by atoms with van der Waals surface area (Å²) < 4.78 is 3.79. The number of primary amides is 1. The monoisotopic (exact) mass is 485 g/mol. The van der Waals surface area contributed by atoms with Crippen LogP contribution in [0.25, 0.3) is 0 Å². The van der Waals surface area contributed by atoms with Crippen molar-refractivity contribution in [2.75, 3.05) is 18.4 Å². The number of carbonyl (C=O) groups excluding carboxylic acids is 1. The SMILES string of the molecule is Cc1cccc(NC(N)=O)c1CN1CCCC(CC2=CC(Cl)=CC=I2)C1. The van der Waals surface area contributed by atoms with Crippen LogP contribution in [0.4, 0.5) is 10.5 Å². The van der Waals surface area contributed by atoms with Gasteiger partial charge in [0, 0.05) is 23.8 Å². The number of nitrogens with zero attached hydrogens (tertiary/aromatic N) is 1. The lowest BCUT2D eigenvalue weighted by molar-refractivity contribution is 0.168. The van der Waals surface area contributed by atoms with E-state index in [1.807, 2.05) is 18.2 Å². The van der Waals surface area contributed by atoms with Gasteiger partial charge in [-0.15, -0.1) is 0 Å². The number of halogens is 2. The van der Waals surface area contributed by atoms with Crippen LogP contribution in [0.5, 0.6) is 0 Å². The molecule has 1 unspecified atom stereocenters. The Bertz CT molecular complexity index is 772. The van der Waals surface area contributed by atoms with Gasteiger partial charge in [0.2, 0.25) is 0 Å². The number of allylic oxidation sites excluding steroid dienone is 4. The minimum atomic E-state index is -0.511. The number of carbonyl (C=O) groups is 1. The van der Waals surface area contributed by atoms with E-state index in [0.29, 0.717) is 5.92 Å². The van der Waals surface area contributed by atoms with Crippen molar-refractivity contribution in [3.8, 4) is 0 Å². The summed E-state index contributed by atoms with van der Waals surface area (Å²) in [4.78, 5) is 13.8. The predicted octanol–water partition coefficient (Wildman–Crippen LogP) is 4.88. The lowest BCUT2D eigenvalue weighted by Gasteiger charge is -2.33. The molecule has 6 heteroatoms. The number of benzene rings is 1. The van der Waals surface area contributed by atoms with Crippen molar-refractivity contribution in [2.45, 2.75) is 32.7 Å². The average Bonchev–Trinajstić information content (AvgIpc) is 2.58. The van der Waals surface area contributed by atoms with Crippen molar-refractivity contribution in [3.63, 3.8) is 0 Å². The molecule has 4 nitrogen and oxygen atoms in total. The normalized spacial score (nSPS) is 20.8. The van der Waals surface area contributed by atoms with Crippen LogP contribution in [0.1, 0.15) is 30.4 Å². The summed E-state index contributed by atoms with van der Waals surface area (Å²) in [6.45, 7) is 5.12. The van der Waals surface area contributed by atoms with Gasteiger partial charge >= 0.3 is 6.03 Å². The molecule has 140 valence electrons.